The molecular weight excluding hydrogens is 272 g/mol. The Morgan fingerprint density at radius 2 is 1.95 bits per heavy atom. The van der Waals surface area contributed by atoms with Crippen LogP contribution < -0.4 is 11.3 Å². The van der Waals surface area contributed by atoms with E-state index in [-0.39, 0.29) is 11.5 Å². The van der Waals surface area contributed by atoms with E-state index in [2.05, 4.69) is 19.7 Å². The predicted molar refractivity (Wildman–Crippen MR) is 77.9 cm³/mol. The standard InChI is InChI=1S/C14H12N4O3/c1-21-13(20)8-4-2-7(3-5-8)10-6-9-11(16-10)17-14(15)18-12(9)19/h2-6H,1H3,(H4,15,16,17,18,19). The maximum atomic E-state index is 11.8. The molecule has 2 heterocycles. The molecule has 2 aromatic heterocycles. The van der Waals surface area contributed by atoms with Gasteiger partial charge in [-0.2, -0.15) is 4.98 Å². The molecule has 0 aliphatic carbocycles. The fraction of sp³-hybridized carbons (Fsp3) is 0.0714. The average Bonchev–Trinajstić information content (AvgIpc) is 2.91. The number of benzene rings is 1. The highest BCUT2D eigenvalue weighted by Gasteiger charge is 2.10. The Bertz CT molecular complexity index is 877. The molecule has 3 aromatic rings. The number of carbonyl (C=O) groups excluding carboxylic acids is 1. The van der Waals surface area contributed by atoms with Crippen molar-refractivity contribution in [1.29, 1.82) is 0 Å². The van der Waals surface area contributed by atoms with Gasteiger partial charge < -0.3 is 15.5 Å². The van der Waals surface area contributed by atoms with E-state index in [1.54, 1.807) is 30.3 Å². The molecule has 106 valence electrons. The molecule has 0 unspecified atom stereocenters. The van der Waals surface area contributed by atoms with E-state index in [1.165, 1.54) is 7.11 Å². The molecule has 7 heteroatoms. The van der Waals surface area contributed by atoms with Gasteiger partial charge in [0, 0.05) is 5.69 Å². The zero-order valence-electron chi connectivity index (χ0n) is 11.1. The Labute approximate surface area is 118 Å². The molecule has 0 fully saturated rings. The molecule has 0 saturated heterocycles. The maximum absolute atomic E-state index is 11.8. The lowest BCUT2D eigenvalue weighted by molar-refractivity contribution is 0.0601. The predicted octanol–water partition coefficient (Wildman–Crippen LogP) is 1.29. The van der Waals surface area contributed by atoms with Crippen LogP contribution in [0.1, 0.15) is 10.4 Å². The number of anilines is 1. The zero-order chi connectivity index (χ0) is 15.0. The number of methoxy groups -OCH3 is 1. The molecule has 0 saturated carbocycles. The van der Waals surface area contributed by atoms with Crippen molar-refractivity contribution in [2.24, 2.45) is 0 Å². The van der Waals surface area contributed by atoms with Gasteiger partial charge in [0.25, 0.3) is 5.56 Å². The summed E-state index contributed by atoms with van der Waals surface area (Å²) in [6.45, 7) is 0. The molecule has 0 amide bonds. The molecule has 0 atom stereocenters. The van der Waals surface area contributed by atoms with Crippen molar-refractivity contribution in [3.63, 3.8) is 0 Å². The molecule has 0 spiro atoms. The molecule has 4 N–H and O–H groups in total. The number of nitrogen functional groups attached to an aromatic ring is 1. The summed E-state index contributed by atoms with van der Waals surface area (Å²) in [5.74, 6) is -0.342. The van der Waals surface area contributed by atoms with Crippen molar-refractivity contribution in [1.82, 2.24) is 15.0 Å². The van der Waals surface area contributed by atoms with Crippen LogP contribution in [0.15, 0.2) is 35.1 Å². The first kappa shape index (κ1) is 12.9. The van der Waals surface area contributed by atoms with Gasteiger partial charge >= 0.3 is 5.97 Å². The van der Waals surface area contributed by atoms with Gasteiger partial charge in [0.2, 0.25) is 5.95 Å². The van der Waals surface area contributed by atoms with E-state index in [9.17, 15) is 9.59 Å². The number of hydrogen-bond acceptors (Lipinski definition) is 5. The second-order valence-corrected chi connectivity index (χ2v) is 4.47. The summed E-state index contributed by atoms with van der Waals surface area (Å²) in [6.07, 6.45) is 0. The largest absolute Gasteiger partial charge is 0.465 e. The van der Waals surface area contributed by atoms with E-state index in [0.29, 0.717) is 22.3 Å². The highest BCUT2D eigenvalue weighted by Crippen LogP contribution is 2.22. The fourth-order valence-corrected chi connectivity index (χ4v) is 2.10. The third-order valence-electron chi connectivity index (χ3n) is 3.13. The number of aromatic nitrogens is 3. The van der Waals surface area contributed by atoms with Crippen LogP contribution in [-0.2, 0) is 4.74 Å². The van der Waals surface area contributed by atoms with Crippen LogP contribution in [0.5, 0.6) is 0 Å². The summed E-state index contributed by atoms with van der Waals surface area (Å²) >= 11 is 0. The van der Waals surface area contributed by atoms with Crippen molar-refractivity contribution in [3.05, 3.63) is 46.2 Å². The minimum Gasteiger partial charge on any atom is -0.465 e. The molecular formula is C14H12N4O3. The van der Waals surface area contributed by atoms with Gasteiger partial charge in [0.15, 0.2) is 0 Å². The number of fused-ring (bicyclic) bond motifs is 1. The third kappa shape index (κ3) is 2.25. The molecule has 0 aliphatic heterocycles. The van der Waals surface area contributed by atoms with Gasteiger partial charge in [-0.3, -0.25) is 9.78 Å². The van der Waals surface area contributed by atoms with Crippen molar-refractivity contribution < 1.29 is 9.53 Å². The lowest BCUT2D eigenvalue weighted by Gasteiger charge is -2.01. The summed E-state index contributed by atoms with van der Waals surface area (Å²) in [5.41, 5.74) is 7.61. The van der Waals surface area contributed by atoms with Gasteiger partial charge in [0.1, 0.15) is 5.65 Å². The van der Waals surface area contributed by atoms with Crippen LogP contribution in [0.3, 0.4) is 0 Å². The van der Waals surface area contributed by atoms with E-state index in [0.717, 1.165) is 5.56 Å². The Hall–Kier alpha value is -3.09. The van der Waals surface area contributed by atoms with Gasteiger partial charge in [-0.05, 0) is 23.8 Å². The van der Waals surface area contributed by atoms with Crippen LogP contribution in [0.4, 0.5) is 5.95 Å². The maximum Gasteiger partial charge on any atom is 0.337 e. The smallest absolute Gasteiger partial charge is 0.337 e. The Morgan fingerprint density at radius 3 is 2.62 bits per heavy atom. The van der Waals surface area contributed by atoms with Crippen LogP contribution in [0.2, 0.25) is 0 Å². The number of rotatable bonds is 2. The Kier molecular flexibility index (Phi) is 2.94. The first-order valence-corrected chi connectivity index (χ1v) is 6.16. The molecule has 0 radical (unpaired) electrons. The SMILES string of the molecule is COC(=O)c1ccc(-c2cc3c(=O)[nH]c(N)nc3[nH]2)cc1. The van der Waals surface area contributed by atoms with Crippen LogP contribution >= 0.6 is 0 Å². The summed E-state index contributed by atoms with van der Waals surface area (Å²) in [6, 6.07) is 8.51. The van der Waals surface area contributed by atoms with Crippen molar-refractivity contribution in [3.8, 4) is 11.3 Å². The Balaban J connectivity index is 2.06. The van der Waals surface area contributed by atoms with Crippen molar-refractivity contribution in [2.75, 3.05) is 12.8 Å². The first-order chi connectivity index (χ1) is 10.1. The third-order valence-corrected chi connectivity index (χ3v) is 3.13. The number of carbonyl (C=O) groups is 1. The van der Waals surface area contributed by atoms with E-state index in [4.69, 9.17) is 5.73 Å². The monoisotopic (exact) mass is 284 g/mol. The van der Waals surface area contributed by atoms with Crippen LogP contribution in [0.25, 0.3) is 22.3 Å². The number of esters is 1. The topological polar surface area (TPSA) is 114 Å². The summed E-state index contributed by atoms with van der Waals surface area (Å²) < 4.78 is 4.64. The minimum absolute atomic E-state index is 0.0574. The van der Waals surface area contributed by atoms with Gasteiger partial charge in [-0.1, -0.05) is 12.1 Å². The fourth-order valence-electron chi connectivity index (χ4n) is 2.10. The number of hydrogen-bond donors (Lipinski definition) is 3. The number of ether oxygens (including phenoxy) is 1. The number of nitrogens with two attached hydrogens (primary N) is 1. The average molecular weight is 284 g/mol. The molecule has 7 nitrogen and oxygen atoms in total. The highest BCUT2D eigenvalue weighted by molar-refractivity contribution is 5.90. The normalized spacial score (nSPS) is 10.7. The van der Waals surface area contributed by atoms with Crippen LogP contribution in [-0.4, -0.2) is 28.0 Å². The summed E-state index contributed by atoms with van der Waals surface area (Å²) in [5, 5.41) is 0.427. The molecule has 0 bridgehead atoms. The van der Waals surface area contributed by atoms with Crippen molar-refractivity contribution in [2.45, 2.75) is 0 Å². The van der Waals surface area contributed by atoms with E-state index >= 15 is 0 Å². The van der Waals surface area contributed by atoms with Gasteiger partial charge in [-0.25, -0.2) is 4.79 Å². The van der Waals surface area contributed by atoms with E-state index < -0.39 is 5.97 Å². The number of nitrogens with zero attached hydrogens (tertiary/aromatic N) is 1. The van der Waals surface area contributed by atoms with Gasteiger partial charge in [0.05, 0.1) is 18.1 Å². The second-order valence-electron chi connectivity index (χ2n) is 4.47. The van der Waals surface area contributed by atoms with E-state index in [1.807, 2.05) is 0 Å². The lowest BCUT2D eigenvalue weighted by Crippen LogP contribution is -2.09. The molecule has 3 rings (SSSR count). The number of H-pyrrole nitrogens is 2. The highest BCUT2D eigenvalue weighted by atomic mass is 16.5. The number of aromatic amines is 2. The van der Waals surface area contributed by atoms with Crippen molar-refractivity contribution >= 4 is 23.0 Å². The zero-order valence-corrected chi connectivity index (χ0v) is 11.1. The lowest BCUT2D eigenvalue weighted by atomic mass is 10.1. The summed E-state index contributed by atoms with van der Waals surface area (Å²) in [4.78, 5) is 32.7. The second kappa shape index (κ2) is 4.78. The number of nitrogens with one attached hydrogen (secondary N) is 2. The summed E-state index contributed by atoms with van der Waals surface area (Å²) in [7, 11) is 1.33. The molecule has 21 heavy (non-hydrogen) atoms. The molecule has 1 aromatic carbocycles. The molecule has 0 aliphatic rings. The quantitative estimate of drug-likeness (QED) is 0.613. The van der Waals surface area contributed by atoms with Gasteiger partial charge in [-0.15, -0.1) is 0 Å². The Morgan fingerprint density at radius 1 is 1.24 bits per heavy atom. The van der Waals surface area contributed by atoms with Crippen LogP contribution in [0, 0.1) is 0 Å². The minimum atomic E-state index is -0.399. The first-order valence-electron chi connectivity index (χ1n) is 6.16.